The minimum Gasteiger partial charge on any atom is -0.496 e. The number of aromatic nitrogens is 1. The maximum Gasteiger partial charge on any atom is 0.335 e. The van der Waals surface area contributed by atoms with Gasteiger partial charge in [0.15, 0.2) is 0 Å². The van der Waals surface area contributed by atoms with Gasteiger partial charge in [-0.25, -0.2) is 4.79 Å². The molecule has 1 radical (unpaired) electrons. The number of rotatable bonds is 3. The van der Waals surface area contributed by atoms with Crippen LogP contribution < -0.4 is 9.47 Å². The lowest BCUT2D eigenvalue weighted by Crippen LogP contribution is -1.93. The predicted octanol–water partition coefficient (Wildman–Crippen LogP) is 2.63. The van der Waals surface area contributed by atoms with E-state index in [9.17, 15) is 9.90 Å². The molecule has 0 atom stereocenters. The highest BCUT2D eigenvalue weighted by Crippen LogP contribution is 2.22. The van der Waals surface area contributed by atoms with Crippen LogP contribution in [0.25, 0.3) is 0 Å². The van der Waals surface area contributed by atoms with Crippen LogP contribution >= 0.6 is 0 Å². The number of carboxylic acids is 1. The van der Waals surface area contributed by atoms with Crippen molar-refractivity contribution < 1.29 is 24.5 Å². The van der Waals surface area contributed by atoms with E-state index in [0.717, 1.165) is 0 Å². The van der Waals surface area contributed by atoms with Crippen LogP contribution in [-0.4, -0.2) is 30.3 Å². The van der Waals surface area contributed by atoms with Gasteiger partial charge in [-0.2, -0.15) is 4.98 Å². The monoisotopic (exact) mass is 276 g/mol. The Hall–Kier alpha value is -2.76. The summed E-state index contributed by atoms with van der Waals surface area (Å²) in [7, 11) is 2.93. The van der Waals surface area contributed by atoms with Gasteiger partial charge in [-0.05, 0) is 12.1 Å². The fourth-order valence-electron chi connectivity index (χ4n) is 1.26. The molecule has 2 aromatic rings. The lowest BCUT2D eigenvalue weighted by molar-refractivity contribution is 0.0697. The maximum atomic E-state index is 10.8. The van der Waals surface area contributed by atoms with Crippen molar-refractivity contribution in [1.29, 1.82) is 0 Å². The van der Waals surface area contributed by atoms with Crippen molar-refractivity contribution in [2.75, 3.05) is 14.2 Å². The average Bonchev–Trinajstić information content (AvgIpc) is 2.48. The van der Waals surface area contributed by atoms with Crippen molar-refractivity contribution in [2.24, 2.45) is 0 Å². The summed E-state index contributed by atoms with van der Waals surface area (Å²) in [5, 5.41) is 19.1. The van der Waals surface area contributed by atoms with Crippen molar-refractivity contribution in [3.63, 3.8) is 0 Å². The van der Waals surface area contributed by atoms with Crippen molar-refractivity contribution >= 4 is 5.97 Å². The Labute approximate surface area is 116 Å². The van der Waals surface area contributed by atoms with Crippen LogP contribution in [0, 0.1) is 0 Å². The fraction of sp³-hybridized carbons (Fsp3) is 0.143. The van der Waals surface area contributed by atoms with E-state index in [1.54, 1.807) is 36.4 Å². The molecule has 6 heteroatoms. The van der Waals surface area contributed by atoms with Crippen molar-refractivity contribution in [2.45, 2.75) is 0 Å². The maximum absolute atomic E-state index is 10.8. The first-order valence-electron chi connectivity index (χ1n) is 5.62. The largest absolute Gasteiger partial charge is 0.496 e. The Morgan fingerprint density at radius 2 is 1.75 bits per heavy atom. The smallest absolute Gasteiger partial charge is 0.335 e. The summed E-state index contributed by atoms with van der Waals surface area (Å²) in [4.78, 5) is 13.7. The Balaban J connectivity index is 0.000000204. The van der Waals surface area contributed by atoms with Gasteiger partial charge in [-0.3, -0.25) is 5.11 Å². The number of carboxylic acid groups (broad SMARTS) is 1. The number of pyridine rings is 1. The van der Waals surface area contributed by atoms with E-state index in [4.69, 9.17) is 14.6 Å². The highest BCUT2D eigenvalue weighted by Gasteiger charge is 2.01. The average molecular weight is 276 g/mol. The zero-order chi connectivity index (χ0) is 15.0. The Morgan fingerprint density at radius 1 is 1.10 bits per heavy atom. The molecule has 0 saturated heterocycles. The molecule has 105 valence electrons. The topological polar surface area (TPSA) is 88.5 Å². The Morgan fingerprint density at radius 3 is 2.20 bits per heavy atom. The fourth-order valence-corrected chi connectivity index (χ4v) is 1.26. The van der Waals surface area contributed by atoms with E-state index < -0.39 is 5.97 Å². The van der Waals surface area contributed by atoms with Crippen LogP contribution in [0.15, 0.2) is 42.5 Å². The van der Waals surface area contributed by atoms with Crippen molar-refractivity contribution in [3.8, 4) is 17.5 Å². The van der Waals surface area contributed by atoms with Crippen molar-refractivity contribution in [1.82, 2.24) is 4.98 Å². The second-order valence-corrected chi connectivity index (χ2v) is 3.56. The highest BCUT2D eigenvalue weighted by molar-refractivity contribution is 5.87. The van der Waals surface area contributed by atoms with Gasteiger partial charge in [-0.15, -0.1) is 0 Å². The second kappa shape index (κ2) is 7.63. The summed E-state index contributed by atoms with van der Waals surface area (Å²) in [6, 6.07) is 11.1. The van der Waals surface area contributed by atoms with Crippen LogP contribution in [0.4, 0.5) is 0 Å². The highest BCUT2D eigenvalue weighted by atomic mass is 16.5. The molecule has 20 heavy (non-hydrogen) atoms. The van der Waals surface area contributed by atoms with Gasteiger partial charge >= 0.3 is 5.97 Å². The number of ether oxygens (including phenoxy) is 2. The molecule has 0 amide bonds. The molecular weight excluding hydrogens is 262 g/mol. The SMILES string of the molecule is COc1cc([O])nc(OC)c1.O=C(O)c1ccccc1. The zero-order valence-corrected chi connectivity index (χ0v) is 11.1. The van der Waals surface area contributed by atoms with Gasteiger partial charge in [0, 0.05) is 12.1 Å². The summed E-state index contributed by atoms with van der Waals surface area (Å²) in [6.45, 7) is 0. The number of benzene rings is 1. The first-order valence-corrected chi connectivity index (χ1v) is 5.62. The standard InChI is InChI=1S/C7H8NO3.C7H6O2/c1-10-5-3-6(9)8-7(4-5)11-2;8-7(9)6-4-2-1-3-5-6/h3-4H,1-2H3;1-5H,(H,8,9). The molecule has 1 aromatic heterocycles. The number of hydrogen-bond acceptors (Lipinski definition) is 4. The van der Waals surface area contributed by atoms with Gasteiger partial charge in [0.05, 0.1) is 19.8 Å². The van der Waals surface area contributed by atoms with Crippen LogP contribution in [-0.2, 0) is 5.11 Å². The van der Waals surface area contributed by atoms with Gasteiger partial charge < -0.3 is 14.6 Å². The number of methoxy groups -OCH3 is 2. The van der Waals surface area contributed by atoms with E-state index in [1.807, 2.05) is 0 Å². The van der Waals surface area contributed by atoms with E-state index >= 15 is 0 Å². The summed E-state index contributed by atoms with van der Waals surface area (Å²) < 4.78 is 9.56. The molecule has 0 unspecified atom stereocenters. The van der Waals surface area contributed by atoms with Crippen LogP contribution in [0.3, 0.4) is 0 Å². The second-order valence-electron chi connectivity index (χ2n) is 3.56. The first kappa shape index (κ1) is 15.3. The lowest BCUT2D eigenvalue weighted by Gasteiger charge is -2.01. The molecule has 0 spiro atoms. The summed E-state index contributed by atoms with van der Waals surface area (Å²) in [6.07, 6.45) is 0. The molecule has 1 N–H and O–H groups in total. The molecule has 0 aliphatic carbocycles. The Kier molecular flexibility index (Phi) is 5.83. The third-order valence-corrected chi connectivity index (χ3v) is 2.22. The minimum absolute atomic E-state index is 0.273. The quantitative estimate of drug-likeness (QED) is 0.930. The van der Waals surface area contributed by atoms with E-state index in [2.05, 4.69) is 4.98 Å². The predicted molar refractivity (Wildman–Crippen MR) is 70.9 cm³/mol. The molecule has 0 saturated carbocycles. The van der Waals surface area contributed by atoms with Crippen molar-refractivity contribution in [3.05, 3.63) is 48.0 Å². The van der Waals surface area contributed by atoms with Gasteiger partial charge in [0.1, 0.15) is 5.75 Å². The molecule has 0 bridgehead atoms. The summed E-state index contributed by atoms with van der Waals surface area (Å²) in [5.74, 6) is -0.506. The Bertz CT molecular complexity index is 534. The molecule has 6 nitrogen and oxygen atoms in total. The summed E-state index contributed by atoms with van der Waals surface area (Å²) in [5.41, 5.74) is 0.331. The molecule has 0 aliphatic heterocycles. The molecule has 2 rings (SSSR count). The third-order valence-electron chi connectivity index (χ3n) is 2.22. The van der Waals surface area contributed by atoms with Crippen LogP contribution in [0.2, 0.25) is 0 Å². The van der Waals surface area contributed by atoms with E-state index in [-0.39, 0.29) is 11.8 Å². The molecule has 1 aromatic carbocycles. The number of carbonyl (C=O) groups is 1. The zero-order valence-electron chi connectivity index (χ0n) is 11.1. The van der Waals surface area contributed by atoms with Gasteiger partial charge in [0.25, 0.3) is 5.88 Å². The number of hydrogen-bond donors (Lipinski definition) is 1. The molecular formula is C14H14NO5. The molecule has 0 aliphatic rings. The first-order chi connectivity index (χ1) is 9.56. The minimum atomic E-state index is -0.879. The summed E-state index contributed by atoms with van der Waals surface area (Å²) >= 11 is 0. The molecule has 1 heterocycles. The number of aromatic carboxylic acids is 1. The molecule has 0 fully saturated rings. The van der Waals surface area contributed by atoms with E-state index in [1.165, 1.54) is 20.3 Å². The van der Waals surface area contributed by atoms with Gasteiger partial charge in [-0.1, -0.05) is 18.2 Å². The van der Waals surface area contributed by atoms with Crippen LogP contribution in [0.5, 0.6) is 17.5 Å². The normalized spacial score (nSPS) is 9.10. The van der Waals surface area contributed by atoms with Crippen LogP contribution in [0.1, 0.15) is 10.4 Å². The number of nitrogens with zero attached hydrogens (tertiary/aromatic N) is 1. The lowest BCUT2D eigenvalue weighted by atomic mass is 10.2. The van der Waals surface area contributed by atoms with Gasteiger partial charge in [0.2, 0.25) is 5.88 Å². The van der Waals surface area contributed by atoms with E-state index in [0.29, 0.717) is 11.3 Å². The third kappa shape index (κ3) is 4.85.